The molecule has 0 saturated carbocycles. The van der Waals surface area contributed by atoms with E-state index in [0.717, 1.165) is 5.69 Å². The molecule has 10 heteroatoms. The molecule has 0 unspecified atom stereocenters. The number of aromatic nitrogens is 1. The largest absolute Gasteiger partial charge is 0.495 e. The van der Waals surface area contributed by atoms with Crippen LogP contribution in [0.1, 0.15) is 20.8 Å². The van der Waals surface area contributed by atoms with Gasteiger partial charge in [-0.3, -0.25) is 20.4 Å². The highest BCUT2D eigenvalue weighted by Gasteiger charge is 2.12. The molecule has 9 nitrogen and oxygen atoms in total. The summed E-state index contributed by atoms with van der Waals surface area (Å²) < 4.78 is 5.32. The predicted octanol–water partition coefficient (Wildman–Crippen LogP) is 2.53. The molecule has 0 atom stereocenters. The van der Waals surface area contributed by atoms with Gasteiger partial charge in [0.05, 0.1) is 24.0 Å². The number of ether oxygens (including phenoxy) is 1. The Balaban J connectivity index is 1.67. The Kier molecular flexibility index (Phi) is 7.19. The molecule has 0 fully saturated rings. The quantitative estimate of drug-likeness (QED) is 0.332. The third-order valence-corrected chi connectivity index (χ3v) is 4.64. The van der Waals surface area contributed by atoms with Crippen molar-refractivity contribution in [1.29, 1.82) is 0 Å². The third kappa shape index (κ3) is 5.46. The summed E-state index contributed by atoms with van der Waals surface area (Å²) in [5.74, 6) is -0.163. The molecule has 0 radical (unpaired) electrons. The van der Waals surface area contributed by atoms with Crippen molar-refractivity contribution in [2.45, 2.75) is 0 Å². The topological polar surface area (TPSA) is 130 Å². The summed E-state index contributed by atoms with van der Waals surface area (Å²) in [5.41, 5.74) is 15.1. The number of nitrogens with one attached hydrogen (secondary N) is 4. The molecule has 0 saturated heterocycles. The van der Waals surface area contributed by atoms with Gasteiger partial charge < -0.3 is 21.1 Å². The summed E-state index contributed by atoms with van der Waals surface area (Å²) in [6, 6.07) is 12.1. The zero-order chi connectivity index (χ0) is 21.3. The van der Waals surface area contributed by atoms with E-state index in [-0.39, 0.29) is 11.8 Å². The molecule has 1 heterocycles. The van der Waals surface area contributed by atoms with Gasteiger partial charge in [-0.05, 0) is 42.5 Å². The monoisotopic (exact) mass is 426 g/mol. The predicted molar refractivity (Wildman–Crippen MR) is 118 cm³/mol. The minimum absolute atomic E-state index is 0.290. The van der Waals surface area contributed by atoms with Crippen LogP contribution in [0.25, 0.3) is 0 Å². The van der Waals surface area contributed by atoms with Gasteiger partial charge in [-0.25, -0.2) is 4.98 Å². The lowest BCUT2D eigenvalue weighted by Gasteiger charge is -2.14. The number of methoxy groups -OCH3 is 1. The molecule has 6 N–H and O–H groups in total. The van der Waals surface area contributed by atoms with E-state index in [0.29, 0.717) is 41.5 Å². The van der Waals surface area contributed by atoms with Crippen molar-refractivity contribution in [3.05, 3.63) is 64.6 Å². The molecule has 0 aliphatic rings. The van der Waals surface area contributed by atoms with Gasteiger partial charge in [0.2, 0.25) is 0 Å². The van der Waals surface area contributed by atoms with Crippen LogP contribution in [0.15, 0.2) is 53.4 Å². The summed E-state index contributed by atoms with van der Waals surface area (Å²) >= 11 is 1.33. The molecule has 156 valence electrons. The molecule has 2 aromatic carbocycles. The van der Waals surface area contributed by atoms with Crippen LogP contribution in [0.2, 0.25) is 0 Å². The molecule has 0 aliphatic heterocycles. The molecule has 3 aromatic rings. The van der Waals surface area contributed by atoms with Gasteiger partial charge in [-0.15, -0.1) is 11.3 Å². The standard InChI is InChI=1S/C20H22N6O3S/c1-29-18-7-6-15(25-26-20(28)17-11-30-12-23-17)10-16(18)24-19(27)13-2-4-14(5-3-13)22-9-8-21/h2-7,10-12,22,25H,8-9,21H2,1H3,(H,24,27)(H,26,28). The molecular formula is C20H22N6O3S. The number of rotatable bonds is 9. The Morgan fingerprint density at radius 3 is 2.53 bits per heavy atom. The molecule has 30 heavy (non-hydrogen) atoms. The highest BCUT2D eigenvalue weighted by Crippen LogP contribution is 2.28. The highest BCUT2D eigenvalue weighted by atomic mass is 32.1. The Morgan fingerprint density at radius 1 is 1.10 bits per heavy atom. The van der Waals surface area contributed by atoms with E-state index in [9.17, 15) is 9.59 Å². The van der Waals surface area contributed by atoms with E-state index >= 15 is 0 Å². The van der Waals surface area contributed by atoms with Gasteiger partial charge in [0.25, 0.3) is 11.8 Å². The van der Waals surface area contributed by atoms with E-state index in [4.69, 9.17) is 10.5 Å². The lowest BCUT2D eigenvalue weighted by atomic mass is 10.1. The van der Waals surface area contributed by atoms with Gasteiger partial charge in [0, 0.05) is 29.7 Å². The first kappa shape index (κ1) is 21.1. The molecule has 0 aliphatic carbocycles. The first-order valence-electron chi connectivity index (χ1n) is 9.08. The normalized spacial score (nSPS) is 10.2. The number of carbonyl (C=O) groups excluding carboxylic acids is 2. The zero-order valence-electron chi connectivity index (χ0n) is 16.3. The average Bonchev–Trinajstić information content (AvgIpc) is 3.31. The molecule has 0 bridgehead atoms. The number of nitrogens with two attached hydrogens (primary N) is 1. The maximum Gasteiger partial charge on any atom is 0.289 e. The van der Waals surface area contributed by atoms with Crippen molar-refractivity contribution in [3.63, 3.8) is 0 Å². The summed E-state index contributed by atoms with van der Waals surface area (Å²) in [6.07, 6.45) is 0. The fourth-order valence-electron chi connectivity index (χ4n) is 2.55. The second-order valence-electron chi connectivity index (χ2n) is 6.11. The number of amides is 2. The minimum atomic E-state index is -0.360. The van der Waals surface area contributed by atoms with Crippen molar-refractivity contribution < 1.29 is 14.3 Å². The van der Waals surface area contributed by atoms with Crippen LogP contribution in [-0.2, 0) is 0 Å². The lowest BCUT2D eigenvalue weighted by molar-refractivity contribution is 0.0957. The van der Waals surface area contributed by atoms with Crippen LogP contribution in [-0.4, -0.2) is 37.0 Å². The highest BCUT2D eigenvalue weighted by molar-refractivity contribution is 7.07. The molecule has 0 spiro atoms. The van der Waals surface area contributed by atoms with Gasteiger partial charge in [-0.2, -0.15) is 0 Å². The van der Waals surface area contributed by atoms with Crippen molar-refractivity contribution in [2.75, 3.05) is 36.3 Å². The number of hydrogen-bond donors (Lipinski definition) is 5. The molecule has 3 rings (SSSR count). The molecule has 2 amide bonds. The van der Waals surface area contributed by atoms with Crippen LogP contribution in [0.3, 0.4) is 0 Å². The fourth-order valence-corrected chi connectivity index (χ4v) is 3.08. The minimum Gasteiger partial charge on any atom is -0.495 e. The number of carbonyl (C=O) groups is 2. The second-order valence-corrected chi connectivity index (χ2v) is 6.83. The lowest BCUT2D eigenvalue weighted by Crippen LogP contribution is -2.29. The Hall–Kier alpha value is -3.63. The summed E-state index contributed by atoms with van der Waals surface area (Å²) in [6.45, 7) is 1.18. The maximum absolute atomic E-state index is 12.6. The van der Waals surface area contributed by atoms with Crippen LogP contribution < -0.4 is 32.0 Å². The van der Waals surface area contributed by atoms with Crippen molar-refractivity contribution >= 4 is 40.2 Å². The van der Waals surface area contributed by atoms with Gasteiger partial charge in [-0.1, -0.05) is 0 Å². The zero-order valence-corrected chi connectivity index (χ0v) is 17.1. The van der Waals surface area contributed by atoms with Gasteiger partial charge in [0.15, 0.2) is 0 Å². The number of benzene rings is 2. The van der Waals surface area contributed by atoms with Crippen LogP contribution >= 0.6 is 11.3 Å². The Morgan fingerprint density at radius 2 is 1.87 bits per heavy atom. The van der Waals surface area contributed by atoms with E-state index in [1.165, 1.54) is 18.4 Å². The van der Waals surface area contributed by atoms with E-state index < -0.39 is 0 Å². The molecular weight excluding hydrogens is 404 g/mol. The van der Waals surface area contributed by atoms with Crippen LogP contribution in [0.4, 0.5) is 17.1 Å². The van der Waals surface area contributed by atoms with Crippen LogP contribution in [0, 0.1) is 0 Å². The van der Waals surface area contributed by atoms with Gasteiger partial charge in [0.1, 0.15) is 11.4 Å². The molecule has 1 aromatic heterocycles. The van der Waals surface area contributed by atoms with E-state index in [1.807, 2.05) is 12.1 Å². The number of anilines is 3. The summed E-state index contributed by atoms with van der Waals surface area (Å²) in [4.78, 5) is 28.6. The van der Waals surface area contributed by atoms with Gasteiger partial charge >= 0.3 is 0 Å². The van der Waals surface area contributed by atoms with Crippen molar-refractivity contribution in [1.82, 2.24) is 10.4 Å². The number of hydrogen-bond acceptors (Lipinski definition) is 8. The second kappa shape index (κ2) is 10.2. The smallest absolute Gasteiger partial charge is 0.289 e. The first-order chi connectivity index (χ1) is 14.6. The third-order valence-electron chi connectivity index (χ3n) is 4.05. The van der Waals surface area contributed by atoms with E-state index in [2.05, 4.69) is 26.5 Å². The van der Waals surface area contributed by atoms with Crippen molar-refractivity contribution in [2.24, 2.45) is 5.73 Å². The first-order valence-corrected chi connectivity index (χ1v) is 10.0. The number of hydrazine groups is 1. The average molecular weight is 427 g/mol. The van der Waals surface area contributed by atoms with Crippen molar-refractivity contribution in [3.8, 4) is 5.75 Å². The number of nitrogens with zero attached hydrogens (tertiary/aromatic N) is 1. The Bertz CT molecular complexity index is 992. The summed E-state index contributed by atoms with van der Waals surface area (Å²) in [5, 5.41) is 7.62. The van der Waals surface area contributed by atoms with E-state index in [1.54, 1.807) is 41.2 Å². The maximum atomic E-state index is 12.6. The van der Waals surface area contributed by atoms with Crippen LogP contribution in [0.5, 0.6) is 5.75 Å². The number of thiazole rings is 1. The fraction of sp³-hybridized carbons (Fsp3) is 0.150. The summed E-state index contributed by atoms with van der Waals surface area (Å²) in [7, 11) is 1.51. The Labute approximate surface area is 177 Å². The SMILES string of the molecule is COc1ccc(NNC(=O)c2cscn2)cc1NC(=O)c1ccc(NCCN)cc1.